The lowest BCUT2D eigenvalue weighted by atomic mass is 10.1. The lowest BCUT2D eigenvalue weighted by Gasteiger charge is -2.23. The SMILES string of the molecule is O=C(CSc1nnc(-c2ccccc2)c2ccccc12)N1CCCC1c1cccs1. The van der Waals surface area contributed by atoms with Crippen LogP contribution in [-0.4, -0.2) is 33.3 Å². The van der Waals surface area contributed by atoms with Crippen molar-refractivity contribution in [3.8, 4) is 11.3 Å². The molecule has 1 aliphatic rings. The molecule has 30 heavy (non-hydrogen) atoms. The molecule has 0 N–H and O–H groups in total. The molecule has 2 aromatic heterocycles. The van der Waals surface area contributed by atoms with Crippen molar-refractivity contribution in [3.05, 3.63) is 77.0 Å². The molecular weight excluding hydrogens is 410 g/mol. The number of benzene rings is 2. The third kappa shape index (κ3) is 3.73. The fourth-order valence-corrected chi connectivity index (χ4v) is 5.78. The van der Waals surface area contributed by atoms with Gasteiger partial charge in [0.15, 0.2) is 0 Å². The number of likely N-dealkylation sites (tertiary alicyclic amines) is 1. The third-order valence-electron chi connectivity index (χ3n) is 5.48. The minimum atomic E-state index is 0.175. The summed E-state index contributed by atoms with van der Waals surface area (Å²) in [4.78, 5) is 16.3. The van der Waals surface area contributed by atoms with E-state index in [9.17, 15) is 4.79 Å². The number of thioether (sulfide) groups is 1. The molecule has 1 fully saturated rings. The van der Waals surface area contributed by atoms with E-state index in [0.717, 1.165) is 46.4 Å². The van der Waals surface area contributed by atoms with Gasteiger partial charge in [-0.05, 0) is 24.3 Å². The Labute approximate surface area is 184 Å². The summed E-state index contributed by atoms with van der Waals surface area (Å²) >= 11 is 3.22. The van der Waals surface area contributed by atoms with E-state index >= 15 is 0 Å². The van der Waals surface area contributed by atoms with Gasteiger partial charge in [-0.2, -0.15) is 0 Å². The van der Waals surface area contributed by atoms with Gasteiger partial charge in [0.25, 0.3) is 0 Å². The van der Waals surface area contributed by atoms with E-state index in [1.807, 2.05) is 47.4 Å². The summed E-state index contributed by atoms with van der Waals surface area (Å²) in [7, 11) is 0. The van der Waals surface area contributed by atoms with E-state index in [1.54, 1.807) is 11.3 Å². The quantitative estimate of drug-likeness (QED) is 0.374. The van der Waals surface area contributed by atoms with Gasteiger partial charge in [0.2, 0.25) is 5.91 Å². The van der Waals surface area contributed by atoms with Gasteiger partial charge in [-0.15, -0.1) is 21.5 Å². The van der Waals surface area contributed by atoms with E-state index in [0.29, 0.717) is 5.75 Å². The molecule has 0 saturated carbocycles. The van der Waals surface area contributed by atoms with E-state index in [-0.39, 0.29) is 11.9 Å². The zero-order chi connectivity index (χ0) is 20.3. The van der Waals surface area contributed by atoms with E-state index in [4.69, 9.17) is 0 Å². The first-order valence-electron chi connectivity index (χ1n) is 10.1. The van der Waals surface area contributed by atoms with Crippen LogP contribution in [-0.2, 0) is 4.79 Å². The summed E-state index contributed by atoms with van der Waals surface area (Å²) in [6.45, 7) is 0.835. The van der Waals surface area contributed by atoms with E-state index in [1.165, 1.54) is 16.6 Å². The summed E-state index contributed by atoms with van der Waals surface area (Å²) in [5.74, 6) is 0.555. The molecular formula is C24H21N3OS2. The Kier molecular flexibility index (Phi) is 5.51. The lowest BCUT2D eigenvalue weighted by Crippen LogP contribution is -2.31. The number of hydrogen-bond donors (Lipinski definition) is 0. The molecule has 0 spiro atoms. The Bertz CT molecular complexity index is 1160. The summed E-state index contributed by atoms with van der Waals surface area (Å²) in [5, 5.41) is 14.0. The highest BCUT2D eigenvalue weighted by atomic mass is 32.2. The molecule has 0 aliphatic carbocycles. The van der Waals surface area contributed by atoms with Crippen LogP contribution in [0.5, 0.6) is 0 Å². The first-order valence-corrected chi connectivity index (χ1v) is 11.9. The maximum atomic E-state index is 13.0. The van der Waals surface area contributed by atoms with Gasteiger partial charge >= 0.3 is 0 Å². The summed E-state index contributed by atoms with van der Waals surface area (Å²) in [6.07, 6.45) is 2.11. The van der Waals surface area contributed by atoms with Gasteiger partial charge in [0.05, 0.1) is 11.8 Å². The normalized spacial score (nSPS) is 16.3. The van der Waals surface area contributed by atoms with Gasteiger partial charge in [-0.1, -0.05) is 72.4 Å². The molecule has 1 amide bonds. The van der Waals surface area contributed by atoms with Crippen molar-refractivity contribution in [2.45, 2.75) is 23.9 Å². The summed E-state index contributed by atoms with van der Waals surface area (Å²) in [6, 6.07) is 22.7. The van der Waals surface area contributed by atoms with Crippen LogP contribution in [0, 0.1) is 0 Å². The molecule has 2 aromatic carbocycles. The monoisotopic (exact) mass is 431 g/mol. The fourth-order valence-electron chi connectivity index (χ4n) is 4.05. The van der Waals surface area contributed by atoms with E-state index in [2.05, 4.69) is 39.8 Å². The zero-order valence-corrected chi connectivity index (χ0v) is 18.0. The van der Waals surface area contributed by atoms with Crippen molar-refractivity contribution in [1.29, 1.82) is 0 Å². The molecule has 1 saturated heterocycles. The highest BCUT2D eigenvalue weighted by Crippen LogP contribution is 2.36. The van der Waals surface area contributed by atoms with Crippen LogP contribution >= 0.6 is 23.1 Å². The summed E-state index contributed by atoms with van der Waals surface area (Å²) < 4.78 is 0. The average Bonchev–Trinajstić information content (AvgIpc) is 3.49. The molecule has 6 heteroatoms. The van der Waals surface area contributed by atoms with Crippen LogP contribution < -0.4 is 0 Å². The number of hydrogen-bond acceptors (Lipinski definition) is 5. The first kappa shape index (κ1) is 19.3. The lowest BCUT2D eigenvalue weighted by molar-refractivity contribution is -0.129. The molecule has 3 heterocycles. The Morgan fingerprint density at radius 2 is 1.80 bits per heavy atom. The second kappa shape index (κ2) is 8.58. The Morgan fingerprint density at radius 1 is 1.00 bits per heavy atom. The van der Waals surface area contributed by atoms with Crippen LogP contribution in [0.1, 0.15) is 23.8 Å². The van der Waals surface area contributed by atoms with Crippen molar-refractivity contribution in [2.75, 3.05) is 12.3 Å². The number of carbonyl (C=O) groups excluding carboxylic acids is 1. The van der Waals surface area contributed by atoms with Crippen LogP contribution in [0.25, 0.3) is 22.0 Å². The minimum absolute atomic E-state index is 0.175. The number of amides is 1. The van der Waals surface area contributed by atoms with Crippen LogP contribution in [0.2, 0.25) is 0 Å². The maximum absolute atomic E-state index is 13.0. The Hall–Kier alpha value is -2.70. The van der Waals surface area contributed by atoms with Gasteiger partial charge in [-0.3, -0.25) is 4.79 Å². The second-order valence-electron chi connectivity index (χ2n) is 7.31. The van der Waals surface area contributed by atoms with Crippen molar-refractivity contribution in [2.24, 2.45) is 0 Å². The number of aromatic nitrogens is 2. The minimum Gasteiger partial charge on any atom is -0.334 e. The standard InChI is InChI=1S/C24H21N3OS2/c28-22(27-14-6-12-20(27)21-13-7-15-29-21)16-30-24-19-11-5-4-10-18(19)23(25-26-24)17-8-2-1-3-9-17/h1-5,7-11,13,15,20H,6,12,14,16H2. The number of thiophene rings is 1. The third-order valence-corrected chi connectivity index (χ3v) is 7.42. The molecule has 4 nitrogen and oxygen atoms in total. The predicted octanol–water partition coefficient (Wildman–Crippen LogP) is 5.81. The number of rotatable bonds is 5. The molecule has 1 atom stereocenters. The van der Waals surface area contributed by atoms with Crippen LogP contribution in [0.15, 0.2) is 77.1 Å². The number of carbonyl (C=O) groups is 1. The van der Waals surface area contributed by atoms with E-state index < -0.39 is 0 Å². The van der Waals surface area contributed by atoms with Crippen LogP contribution in [0.4, 0.5) is 0 Å². The molecule has 0 radical (unpaired) electrons. The van der Waals surface area contributed by atoms with Crippen LogP contribution in [0.3, 0.4) is 0 Å². The van der Waals surface area contributed by atoms with Crippen molar-refractivity contribution in [1.82, 2.24) is 15.1 Å². The molecule has 4 aromatic rings. The Morgan fingerprint density at radius 3 is 2.60 bits per heavy atom. The molecule has 150 valence electrons. The van der Waals surface area contributed by atoms with Crippen molar-refractivity contribution < 1.29 is 4.79 Å². The van der Waals surface area contributed by atoms with Gasteiger partial charge in [0.1, 0.15) is 10.7 Å². The molecule has 0 bridgehead atoms. The largest absolute Gasteiger partial charge is 0.334 e. The van der Waals surface area contributed by atoms with Crippen molar-refractivity contribution in [3.63, 3.8) is 0 Å². The molecule has 1 unspecified atom stereocenters. The average molecular weight is 432 g/mol. The zero-order valence-electron chi connectivity index (χ0n) is 16.4. The van der Waals surface area contributed by atoms with Gasteiger partial charge in [-0.25, -0.2) is 0 Å². The van der Waals surface area contributed by atoms with Gasteiger partial charge < -0.3 is 4.90 Å². The summed E-state index contributed by atoms with van der Waals surface area (Å²) in [5.41, 5.74) is 1.92. The Balaban J connectivity index is 1.38. The smallest absolute Gasteiger partial charge is 0.233 e. The highest BCUT2D eigenvalue weighted by Gasteiger charge is 2.30. The highest BCUT2D eigenvalue weighted by molar-refractivity contribution is 8.00. The molecule has 5 rings (SSSR count). The first-order chi connectivity index (χ1) is 14.8. The molecule has 1 aliphatic heterocycles. The maximum Gasteiger partial charge on any atom is 0.233 e. The fraction of sp³-hybridized carbons (Fsp3) is 0.208. The number of nitrogens with zero attached hydrogens (tertiary/aromatic N) is 3. The number of fused-ring (bicyclic) bond motifs is 1. The van der Waals surface area contributed by atoms with Crippen molar-refractivity contribution >= 4 is 39.8 Å². The van der Waals surface area contributed by atoms with Gasteiger partial charge in [0, 0.05) is 27.8 Å². The second-order valence-corrected chi connectivity index (χ2v) is 9.26. The predicted molar refractivity (Wildman–Crippen MR) is 124 cm³/mol. The topological polar surface area (TPSA) is 46.1 Å².